The van der Waals surface area contributed by atoms with Crippen molar-refractivity contribution in [1.82, 2.24) is 20.1 Å². The number of hydrogen-bond donors (Lipinski definition) is 3. The summed E-state index contributed by atoms with van der Waals surface area (Å²) in [6, 6.07) is 3.22. The van der Waals surface area contributed by atoms with Gasteiger partial charge in [0.1, 0.15) is 35.1 Å². The van der Waals surface area contributed by atoms with E-state index in [2.05, 4.69) is 20.3 Å². The summed E-state index contributed by atoms with van der Waals surface area (Å²) < 4.78 is 32.4. The molecule has 6 rings (SSSR count). The lowest BCUT2D eigenvalue weighted by atomic mass is 9.73. The number of ether oxygens (including phenoxy) is 5. The molecule has 4 bridgehead atoms. The van der Waals surface area contributed by atoms with E-state index in [0.29, 0.717) is 33.5 Å². The van der Waals surface area contributed by atoms with Crippen LogP contribution in [0.25, 0.3) is 10.7 Å². The fraction of sp³-hybridized carbons (Fsp3) is 0.714. The molecule has 6 heterocycles. The number of pyridine rings is 1. The van der Waals surface area contributed by atoms with Crippen molar-refractivity contribution < 1.29 is 53.1 Å². The van der Waals surface area contributed by atoms with Gasteiger partial charge in [0.25, 0.3) is 5.91 Å². The predicted octanol–water partition coefficient (Wildman–Crippen LogP) is 3.02. The first kappa shape index (κ1) is 46.7. The first-order chi connectivity index (χ1) is 28.7. The van der Waals surface area contributed by atoms with E-state index in [-0.39, 0.29) is 50.3 Å². The van der Waals surface area contributed by atoms with Crippen molar-refractivity contribution in [3.05, 3.63) is 23.9 Å². The normalized spacial score (nSPS) is 39.0. The van der Waals surface area contributed by atoms with E-state index in [9.17, 15) is 24.6 Å². The number of nitrogens with zero attached hydrogens (tertiary/aromatic N) is 6. The van der Waals surface area contributed by atoms with Gasteiger partial charge >= 0.3 is 5.97 Å². The second kappa shape index (κ2) is 18.9. The number of aliphatic hydroxyl groups excluding tert-OH is 1. The van der Waals surface area contributed by atoms with Gasteiger partial charge in [0.2, 0.25) is 11.2 Å². The van der Waals surface area contributed by atoms with Gasteiger partial charge in [-0.1, -0.05) is 50.3 Å². The van der Waals surface area contributed by atoms with Crippen molar-refractivity contribution in [2.75, 3.05) is 33.0 Å². The number of nitrogens with two attached hydrogens (primary N) is 1. The van der Waals surface area contributed by atoms with Crippen LogP contribution in [0.1, 0.15) is 80.2 Å². The maximum Gasteiger partial charge on any atom is 0.316 e. The van der Waals surface area contributed by atoms with Crippen LogP contribution in [0.3, 0.4) is 0 Å². The molecule has 4 aliphatic rings. The number of oxime groups is 1. The number of nitrogen functional groups attached to an aromatic ring is 1. The first-order valence-corrected chi connectivity index (χ1v) is 21.8. The number of rotatable bonds is 7. The molecule has 3 saturated heterocycles. The Balaban J connectivity index is 1.47. The van der Waals surface area contributed by atoms with Gasteiger partial charge in [-0.3, -0.25) is 19.4 Å². The van der Waals surface area contributed by atoms with Crippen molar-refractivity contribution >= 4 is 45.6 Å². The minimum absolute atomic E-state index is 0.0545. The number of fused-ring (bicyclic) bond motifs is 4. The fourth-order valence-electron chi connectivity index (χ4n) is 9.16. The highest BCUT2D eigenvalue weighted by atomic mass is 32.1. The maximum absolute atomic E-state index is 14.5. The standard InChI is InChI=1S/C42H61N7O11S/c1-11-30-42(8,54)35-22(4)31-20(2)16-41(7,34(23(5)32(50)24(6)38(53)58-30)59-39-33(51)28(49(9)10)14-21(3)57-39)56-19-26(18-55-35)48-60-29(36(52)45-31)15-25-12-13-27(44-17-25)37-46-47-40(43)61-37/h12-13,17,20-24,28-30,33-35,39,51,54H,11,14-16,18-19H2,1-10H3,(H2,43,47)/b45-31?,48-26-/t20-,21-,22+,23+,24-,28+,29?,30-,33-,34-,35-,39+,41-,42-/m1/s1. The number of carbonyl (C=O) groups is 3. The molecule has 2 aromatic rings. The number of aliphatic hydroxyl groups is 2. The lowest BCUT2D eigenvalue weighted by Crippen LogP contribution is -2.60. The molecule has 0 spiro atoms. The monoisotopic (exact) mass is 871 g/mol. The fourth-order valence-corrected chi connectivity index (χ4v) is 9.74. The van der Waals surface area contributed by atoms with E-state index in [1.54, 1.807) is 39.1 Å². The van der Waals surface area contributed by atoms with Gasteiger partial charge in [-0.2, -0.15) is 0 Å². The molecule has 0 radical (unpaired) electrons. The predicted molar refractivity (Wildman–Crippen MR) is 224 cm³/mol. The van der Waals surface area contributed by atoms with E-state index < -0.39 is 89.3 Å². The number of aliphatic imine (C=N–C) groups is 1. The average Bonchev–Trinajstić information content (AvgIpc) is 3.64. The molecule has 14 atom stereocenters. The molecule has 336 valence electrons. The molecule has 19 heteroatoms. The van der Waals surface area contributed by atoms with Crippen molar-refractivity contribution in [2.45, 2.75) is 141 Å². The number of cyclic esters (lactones) is 1. The number of Topliss-reactive ketones (excluding diaryl/α,β-unsaturated/α-hetero) is 1. The summed E-state index contributed by atoms with van der Waals surface area (Å²) in [5, 5.41) is 37.3. The Hall–Kier alpha value is -3.82. The minimum Gasteiger partial charge on any atom is -0.459 e. The third-order valence-corrected chi connectivity index (χ3v) is 13.3. The minimum atomic E-state index is -1.85. The van der Waals surface area contributed by atoms with Crippen LogP contribution in [-0.4, -0.2) is 147 Å². The number of aromatic nitrogens is 3. The van der Waals surface area contributed by atoms with Crippen LogP contribution in [0, 0.1) is 23.7 Å². The highest BCUT2D eigenvalue weighted by Gasteiger charge is 2.53. The zero-order chi connectivity index (χ0) is 44.6. The smallest absolute Gasteiger partial charge is 0.316 e. The van der Waals surface area contributed by atoms with Crippen LogP contribution in [0.4, 0.5) is 5.13 Å². The second-order valence-electron chi connectivity index (χ2n) is 17.7. The largest absolute Gasteiger partial charge is 0.459 e. The Morgan fingerprint density at radius 1 is 1.05 bits per heavy atom. The molecule has 1 unspecified atom stereocenters. The van der Waals surface area contributed by atoms with Gasteiger partial charge in [-0.05, 0) is 78.6 Å². The van der Waals surface area contributed by atoms with Gasteiger partial charge < -0.3 is 49.4 Å². The summed E-state index contributed by atoms with van der Waals surface area (Å²) in [6.07, 6.45) is -4.65. The van der Waals surface area contributed by atoms with Crippen LogP contribution in [0.5, 0.6) is 0 Å². The Morgan fingerprint density at radius 3 is 2.43 bits per heavy atom. The number of esters is 1. The van der Waals surface area contributed by atoms with Gasteiger partial charge in [0, 0.05) is 36.2 Å². The second-order valence-corrected chi connectivity index (χ2v) is 18.7. The maximum atomic E-state index is 14.5. The summed E-state index contributed by atoms with van der Waals surface area (Å²) in [6.45, 7) is 13.3. The first-order valence-electron chi connectivity index (χ1n) is 21.0. The summed E-state index contributed by atoms with van der Waals surface area (Å²) in [7, 11) is 3.73. The van der Waals surface area contributed by atoms with E-state index in [1.165, 1.54) is 25.2 Å². The summed E-state index contributed by atoms with van der Waals surface area (Å²) >= 11 is 1.20. The molecule has 0 aromatic carbocycles. The third kappa shape index (κ3) is 10.0. The highest BCUT2D eigenvalue weighted by molar-refractivity contribution is 7.18. The molecule has 4 aliphatic heterocycles. The number of hydrogen-bond acceptors (Lipinski definition) is 18. The Kier molecular flexibility index (Phi) is 14.4. The zero-order valence-electron chi connectivity index (χ0n) is 36.6. The number of likely N-dealkylation sites (N-methyl/N-ethyl adjacent to an activating group) is 1. The van der Waals surface area contributed by atoms with Gasteiger partial charge in [-0.15, -0.1) is 10.2 Å². The number of amides is 1. The molecule has 1 amide bonds. The van der Waals surface area contributed by atoms with Crippen LogP contribution in [0.2, 0.25) is 0 Å². The van der Waals surface area contributed by atoms with Crippen molar-refractivity contribution in [3.63, 3.8) is 0 Å². The quantitative estimate of drug-likeness (QED) is 0.268. The van der Waals surface area contributed by atoms with Gasteiger partial charge in [0.15, 0.2) is 17.1 Å². The van der Waals surface area contributed by atoms with E-state index in [1.807, 2.05) is 39.8 Å². The molecule has 0 saturated carbocycles. The van der Waals surface area contributed by atoms with Gasteiger partial charge in [0.05, 0.1) is 37.1 Å². The topological polar surface area (TPSA) is 240 Å². The molecule has 0 aliphatic carbocycles. The number of ketones is 1. The van der Waals surface area contributed by atoms with Crippen LogP contribution in [0.15, 0.2) is 28.5 Å². The summed E-state index contributed by atoms with van der Waals surface area (Å²) in [5.74, 6) is -5.58. The molecule has 18 nitrogen and oxygen atoms in total. The van der Waals surface area contributed by atoms with Crippen LogP contribution in [-0.2, 0) is 49.3 Å². The molecular formula is C42H61N7O11S. The SMILES string of the molecule is CC[C@H]1OC(=O)[C@H](C)C(=O)[C@H](C)[C@@H](O[C@@H]2O[C@H](C)C[C@H](N(C)C)[C@H]2O)[C@@]2(C)C[C@@H](C)C3=NC(=O)C(Cc4ccc(-c5nnc(N)s5)nc4)O/N=C(/CO[C@H]([C@H]3C)[C@]1(C)O)CO2. The number of anilines is 1. The summed E-state index contributed by atoms with van der Waals surface area (Å²) in [4.78, 5) is 60.0. The number of carbonyl (C=O) groups excluding carboxylic acids is 3. The average molecular weight is 872 g/mol. The van der Waals surface area contributed by atoms with E-state index >= 15 is 0 Å². The molecule has 2 aromatic heterocycles. The Labute approximate surface area is 360 Å². The zero-order valence-corrected chi connectivity index (χ0v) is 37.5. The lowest BCUT2D eigenvalue weighted by molar-refractivity contribution is -0.296. The molecular weight excluding hydrogens is 811 g/mol. The third-order valence-electron chi connectivity index (χ3n) is 12.6. The molecule has 3 fully saturated rings. The van der Waals surface area contributed by atoms with E-state index in [0.717, 1.165) is 0 Å². The van der Waals surface area contributed by atoms with Crippen LogP contribution >= 0.6 is 11.3 Å². The lowest BCUT2D eigenvalue weighted by Gasteiger charge is -2.47. The Bertz CT molecular complexity index is 1960. The molecule has 4 N–H and O–H groups in total. The summed E-state index contributed by atoms with van der Waals surface area (Å²) in [5.41, 5.74) is 4.32. The van der Waals surface area contributed by atoms with Gasteiger partial charge in [-0.25, -0.2) is 4.99 Å². The Morgan fingerprint density at radius 2 is 1.79 bits per heavy atom. The van der Waals surface area contributed by atoms with Crippen LogP contribution < -0.4 is 5.73 Å². The van der Waals surface area contributed by atoms with Crippen molar-refractivity contribution in [2.24, 2.45) is 33.8 Å². The molecule has 61 heavy (non-hydrogen) atoms. The van der Waals surface area contributed by atoms with E-state index in [4.69, 9.17) is 39.2 Å². The highest BCUT2D eigenvalue weighted by Crippen LogP contribution is 2.40. The van der Waals surface area contributed by atoms with Crippen molar-refractivity contribution in [1.29, 1.82) is 0 Å². The van der Waals surface area contributed by atoms with Crippen molar-refractivity contribution in [3.8, 4) is 10.7 Å².